The molecule has 0 radical (unpaired) electrons. The number of benzene rings is 2. The summed E-state index contributed by atoms with van der Waals surface area (Å²) in [6.45, 7) is 1.21. The van der Waals surface area contributed by atoms with Gasteiger partial charge in [-0.2, -0.15) is 0 Å². The minimum atomic E-state index is -0.392. The highest BCUT2D eigenvalue weighted by Gasteiger charge is 2.14. The SMILES string of the molecule is COCCNC(=O)CSc1ccccc1C(=O)OCCc1ccc(OC)cc1. The molecule has 1 amide bonds. The Morgan fingerprint density at radius 1 is 1.00 bits per heavy atom. The van der Waals surface area contributed by atoms with Gasteiger partial charge in [0.2, 0.25) is 5.91 Å². The standard InChI is InChI=1S/C21H25NO5S/c1-25-14-12-22-20(23)15-28-19-6-4-3-5-18(19)21(24)27-13-11-16-7-9-17(26-2)10-8-16/h3-10H,11-15H2,1-2H3,(H,22,23). The fraction of sp³-hybridized carbons (Fsp3) is 0.333. The Kier molecular flexibility index (Phi) is 9.37. The second-order valence-corrected chi connectivity index (χ2v) is 6.88. The molecule has 0 spiro atoms. The number of carbonyl (C=O) groups excluding carboxylic acids is 2. The number of ether oxygens (including phenoxy) is 3. The number of hydrogen-bond acceptors (Lipinski definition) is 6. The topological polar surface area (TPSA) is 73.9 Å². The second kappa shape index (κ2) is 12.0. The zero-order valence-electron chi connectivity index (χ0n) is 16.1. The van der Waals surface area contributed by atoms with Crippen molar-refractivity contribution in [3.05, 3.63) is 59.7 Å². The monoisotopic (exact) mass is 403 g/mol. The molecule has 0 aliphatic rings. The number of amides is 1. The van der Waals surface area contributed by atoms with Crippen LogP contribution in [0, 0.1) is 0 Å². The zero-order chi connectivity index (χ0) is 20.2. The van der Waals surface area contributed by atoms with Crippen molar-refractivity contribution < 1.29 is 23.8 Å². The first-order chi connectivity index (χ1) is 13.6. The first kappa shape index (κ1) is 21.8. The fourth-order valence-electron chi connectivity index (χ4n) is 2.38. The van der Waals surface area contributed by atoms with Crippen molar-refractivity contribution >= 4 is 23.6 Å². The van der Waals surface area contributed by atoms with Crippen molar-refractivity contribution in [1.29, 1.82) is 0 Å². The zero-order valence-corrected chi connectivity index (χ0v) is 16.9. The van der Waals surface area contributed by atoms with Gasteiger partial charge in [-0.3, -0.25) is 4.79 Å². The lowest BCUT2D eigenvalue weighted by Gasteiger charge is -2.10. The number of rotatable bonds is 11. The van der Waals surface area contributed by atoms with E-state index in [0.717, 1.165) is 16.2 Å². The van der Waals surface area contributed by atoms with E-state index in [1.165, 1.54) is 11.8 Å². The van der Waals surface area contributed by atoms with Crippen LogP contribution in [0.25, 0.3) is 0 Å². The average Bonchev–Trinajstić information content (AvgIpc) is 2.73. The maximum Gasteiger partial charge on any atom is 0.339 e. The van der Waals surface area contributed by atoms with Gasteiger partial charge in [-0.25, -0.2) is 4.79 Å². The summed E-state index contributed by atoms with van der Waals surface area (Å²) in [5.41, 5.74) is 1.52. The van der Waals surface area contributed by atoms with Crippen molar-refractivity contribution in [3.8, 4) is 5.75 Å². The third-order valence-corrected chi connectivity index (χ3v) is 4.95. The van der Waals surface area contributed by atoms with E-state index in [0.29, 0.717) is 25.1 Å². The van der Waals surface area contributed by atoms with Crippen LogP contribution >= 0.6 is 11.8 Å². The molecule has 2 aromatic carbocycles. The van der Waals surface area contributed by atoms with E-state index in [1.807, 2.05) is 36.4 Å². The summed E-state index contributed by atoms with van der Waals surface area (Å²) >= 11 is 1.31. The van der Waals surface area contributed by atoms with Gasteiger partial charge in [-0.15, -0.1) is 11.8 Å². The highest BCUT2D eigenvalue weighted by molar-refractivity contribution is 8.00. The number of nitrogens with one attached hydrogen (secondary N) is 1. The van der Waals surface area contributed by atoms with E-state index in [9.17, 15) is 9.59 Å². The first-order valence-electron chi connectivity index (χ1n) is 8.91. The smallest absolute Gasteiger partial charge is 0.339 e. The van der Waals surface area contributed by atoms with Crippen molar-refractivity contribution in [1.82, 2.24) is 5.32 Å². The molecular weight excluding hydrogens is 378 g/mol. The summed E-state index contributed by atoms with van der Waals surface area (Å²) < 4.78 is 15.4. The largest absolute Gasteiger partial charge is 0.497 e. The van der Waals surface area contributed by atoms with Gasteiger partial charge in [-0.1, -0.05) is 24.3 Å². The summed E-state index contributed by atoms with van der Waals surface area (Å²) in [5.74, 6) is 0.513. The maximum atomic E-state index is 12.4. The van der Waals surface area contributed by atoms with Crippen LogP contribution in [0.2, 0.25) is 0 Å². The second-order valence-electron chi connectivity index (χ2n) is 5.86. The number of esters is 1. The quantitative estimate of drug-likeness (QED) is 0.353. The molecule has 6 nitrogen and oxygen atoms in total. The van der Waals surface area contributed by atoms with Gasteiger partial charge in [-0.05, 0) is 29.8 Å². The molecule has 0 saturated heterocycles. The summed E-state index contributed by atoms with van der Waals surface area (Å²) in [6.07, 6.45) is 0.618. The van der Waals surface area contributed by atoms with E-state index in [1.54, 1.807) is 26.4 Å². The number of hydrogen-bond donors (Lipinski definition) is 1. The number of methoxy groups -OCH3 is 2. The van der Waals surface area contributed by atoms with Crippen molar-refractivity contribution in [2.45, 2.75) is 11.3 Å². The first-order valence-corrected chi connectivity index (χ1v) is 9.90. The Balaban J connectivity index is 1.84. The van der Waals surface area contributed by atoms with Crippen LogP contribution in [-0.4, -0.2) is 51.6 Å². The van der Waals surface area contributed by atoms with Gasteiger partial charge in [0.1, 0.15) is 5.75 Å². The number of carbonyl (C=O) groups is 2. The Labute approximate surface area is 169 Å². The van der Waals surface area contributed by atoms with Crippen LogP contribution < -0.4 is 10.1 Å². The minimum absolute atomic E-state index is 0.107. The van der Waals surface area contributed by atoms with Gasteiger partial charge < -0.3 is 19.5 Å². The molecule has 0 unspecified atom stereocenters. The van der Waals surface area contributed by atoms with Crippen LogP contribution in [0.4, 0.5) is 0 Å². The van der Waals surface area contributed by atoms with Gasteiger partial charge in [0.15, 0.2) is 0 Å². The highest BCUT2D eigenvalue weighted by atomic mass is 32.2. The predicted octanol–water partition coefficient (Wildman–Crippen LogP) is 2.95. The lowest BCUT2D eigenvalue weighted by molar-refractivity contribution is -0.118. The average molecular weight is 404 g/mol. The Morgan fingerprint density at radius 2 is 1.75 bits per heavy atom. The third-order valence-electron chi connectivity index (χ3n) is 3.88. The molecule has 28 heavy (non-hydrogen) atoms. The van der Waals surface area contributed by atoms with Crippen LogP contribution in [0.3, 0.4) is 0 Å². The molecule has 0 saturated carbocycles. The van der Waals surface area contributed by atoms with Crippen molar-refractivity contribution in [2.24, 2.45) is 0 Å². The summed E-state index contributed by atoms with van der Waals surface area (Å²) in [4.78, 5) is 25.0. The summed E-state index contributed by atoms with van der Waals surface area (Å²) in [7, 11) is 3.20. The summed E-state index contributed by atoms with van der Waals surface area (Å²) in [5, 5.41) is 2.75. The van der Waals surface area contributed by atoms with Crippen LogP contribution in [0.1, 0.15) is 15.9 Å². The van der Waals surface area contributed by atoms with Gasteiger partial charge in [0.05, 0.1) is 31.6 Å². The van der Waals surface area contributed by atoms with Crippen LogP contribution in [-0.2, 0) is 20.7 Å². The molecule has 0 heterocycles. The van der Waals surface area contributed by atoms with E-state index < -0.39 is 5.97 Å². The van der Waals surface area contributed by atoms with Crippen molar-refractivity contribution in [3.63, 3.8) is 0 Å². The molecule has 7 heteroatoms. The molecule has 150 valence electrons. The maximum absolute atomic E-state index is 12.4. The number of thioether (sulfide) groups is 1. The van der Waals surface area contributed by atoms with E-state index in [-0.39, 0.29) is 18.3 Å². The normalized spacial score (nSPS) is 10.4. The Bertz CT molecular complexity index is 764. The van der Waals surface area contributed by atoms with E-state index >= 15 is 0 Å². The molecule has 2 aromatic rings. The van der Waals surface area contributed by atoms with Crippen molar-refractivity contribution in [2.75, 3.05) is 39.7 Å². The summed E-state index contributed by atoms with van der Waals surface area (Å²) in [6, 6.07) is 14.8. The van der Waals surface area contributed by atoms with Gasteiger partial charge in [0, 0.05) is 25.0 Å². The molecular formula is C21H25NO5S. The van der Waals surface area contributed by atoms with Gasteiger partial charge >= 0.3 is 5.97 Å². The molecule has 1 N–H and O–H groups in total. The fourth-order valence-corrected chi connectivity index (χ4v) is 3.25. The van der Waals surface area contributed by atoms with E-state index in [4.69, 9.17) is 14.2 Å². The third kappa shape index (κ3) is 7.25. The predicted molar refractivity (Wildman–Crippen MR) is 109 cm³/mol. The molecule has 0 aliphatic carbocycles. The molecule has 0 aromatic heterocycles. The van der Waals surface area contributed by atoms with Crippen LogP contribution in [0.5, 0.6) is 5.75 Å². The van der Waals surface area contributed by atoms with E-state index in [2.05, 4.69) is 5.32 Å². The molecule has 0 bridgehead atoms. The van der Waals surface area contributed by atoms with Gasteiger partial charge in [0.25, 0.3) is 0 Å². The molecule has 0 atom stereocenters. The molecule has 0 aliphatic heterocycles. The van der Waals surface area contributed by atoms with Crippen LogP contribution in [0.15, 0.2) is 53.4 Å². The lowest BCUT2D eigenvalue weighted by Crippen LogP contribution is -2.28. The minimum Gasteiger partial charge on any atom is -0.497 e. The lowest BCUT2D eigenvalue weighted by atomic mass is 10.1. The Hall–Kier alpha value is -2.51. The Morgan fingerprint density at radius 3 is 2.46 bits per heavy atom. The highest BCUT2D eigenvalue weighted by Crippen LogP contribution is 2.23. The molecule has 0 fully saturated rings. The molecule has 2 rings (SSSR count).